The van der Waals surface area contributed by atoms with Crippen molar-refractivity contribution in [2.75, 3.05) is 28.6 Å². The second kappa shape index (κ2) is 8.34. The average Bonchev–Trinajstić information content (AvgIpc) is 3.44. The molecule has 3 N–H and O–H groups in total. The van der Waals surface area contributed by atoms with Crippen molar-refractivity contribution in [3.8, 4) is 0 Å². The minimum atomic E-state index is -0.265. The topological polar surface area (TPSA) is 90.5 Å². The Morgan fingerprint density at radius 1 is 1.00 bits per heavy atom. The van der Waals surface area contributed by atoms with Gasteiger partial charge in [-0.2, -0.15) is 0 Å². The Labute approximate surface area is 169 Å². The van der Waals surface area contributed by atoms with Gasteiger partial charge in [-0.05, 0) is 43.5 Å². The predicted molar refractivity (Wildman–Crippen MR) is 112 cm³/mol. The molecule has 3 amide bonds. The molecule has 2 aromatic carbocycles. The smallest absolute Gasteiger partial charge is 0.253 e. The maximum atomic E-state index is 12.5. The molecule has 2 aromatic rings. The highest BCUT2D eigenvalue weighted by molar-refractivity contribution is 6.05. The van der Waals surface area contributed by atoms with Crippen LogP contribution in [0.25, 0.3) is 0 Å². The van der Waals surface area contributed by atoms with Gasteiger partial charge in [-0.1, -0.05) is 24.3 Å². The number of amides is 3. The number of benzene rings is 2. The lowest BCUT2D eigenvalue weighted by Crippen LogP contribution is -2.29. The summed E-state index contributed by atoms with van der Waals surface area (Å²) in [7, 11) is 0. The van der Waals surface area contributed by atoms with Crippen molar-refractivity contribution in [2.45, 2.75) is 31.7 Å². The van der Waals surface area contributed by atoms with Crippen LogP contribution in [0, 0.1) is 0 Å². The van der Waals surface area contributed by atoms with Crippen LogP contribution in [-0.4, -0.2) is 36.9 Å². The van der Waals surface area contributed by atoms with E-state index in [2.05, 4.69) is 16.0 Å². The molecule has 2 aliphatic rings. The summed E-state index contributed by atoms with van der Waals surface area (Å²) in [6.45, 7) is 0.713. The van der Waals surface area contributed by atoms with Gasteiger partial charge in [0.05, 0.1) is 29.2 Å². The number of carbonyl (C=O) groups is 3. The number of nitrogens with zero attached hydrogens (tertiary/aromatic N) is 1. The first-order chi connectivity index (χ1) is 14.1. The van der Waals surface area contributed by atoms with Crippen molar-refractivity contribution < 1.29 is 14.4 Å². The van der Waals surface area contributed by atoms with E-state index in [1.54, 1.807) is 29.2 Å². The summed E-state index contributed by atoms with van der Waals surface area (Å²) in [5, 5.41) is 8.87. The van der Waals surface area contributed by atoms with E-state index in [1.807, 2.05) is 24.3 Å². The first kappa shape index (κ1) is 19.0. The minimum Gasteiger partial charge on any atom is -0.374 e. The summed E-state index contributed by atoms with van der Waals surface area (Å²) in [4.78, 5) is 38.7. The summed E-state index contributed by atoms with van der Waals surface area (Å²) in [5.74, 6) is -0.340. The van der Waals surface area contributed by atoms with E-state index in [-0.39, 0.29) is 30.3 Å². The largest absolute Gasteiger partial charge is 0.374 e. The quantitative estimate of drug-likeness (QED) is 0.676. The molecule has 0 aromatic heterocycles. The highest BCUT2D eigenvalue weighted by atomic mass is 16.2. The van der Waals surface area contributed by atoms with Crippen LogP contribution in [0.5, 0.6) is 0 Å². The van der Waals surface area contributed by atoms with Crippen LogP contribution in [0.2, 0.25) is 0 Å². The lowest BCUT2D eigenvalue weighted by Gasteiger charge is -2.20. The highest BCUT2D eigenvalue weighted by Gasteiger charge is 2.25. The number of carbonyl (C=O) groups excluding carboxylic acids is 3. The third kappa shape index (κ3) is 4.56. The van der Waals surface area contributed by atoms with Crippen molar-refractivity contribution in [3.05, 3.63) is 54.1 Å². The Balaban J connectivity index is 1.40. The second-order valence-corrected chi connectivity index (χ2v) is 7.36. The molecule has 1 heterocycles. The van der Waals surface area contributed by atoms with E-state index in [1.165, 1.54) is 0 Å². The fraction of sp³-hybridized carbons (Fsp3) is 0.318. The van der Waals surface area contributed by atoms with E-state index in [0.29, 0.717) is 24.2 Å². The number of anilines is 3. The van der Waals surface area contributed by atoms with Crippen LogP contribution < -0.4 is 20.9 Å². The molecule has 1 saturated heterocycles. The van der Waals surface area contributed by atoms with Crippen LogP contribution >= 0.6 is 0 Å². The lowest BCUT2D eigenvalue weighted by atomic mass is 10.1. The van der Waals surface area contributed by atoms with Gasteiger partial charge in [0.1, 0.15) is 0 Å². The van der Waals surface area contributed by atoms with E-state index in [0.717, 1.165) is 30.6 Å². The summed E-state index contributed by atoms with van der Waals surface area (Å²) >= 11 is 0. The molecule has 4 rings (SSSR count). The third-order valence-corrected chi connectivity index (χ3v) is 5.07. The van der Waals surface area contributed by atoms with Crippen LogP contribution in [0.1, 0.15) is 36.0 Å². The first-order valence-corrected chi connectivity index (χ1v) is 9.95. The van der Waals surface area contributed by atoms with Gasteiger partial charge in [0.2, 0.25) is 11.8 Å². The van der Waals surface area contributed by atoms with E-state index in [9.17, 15) is 14.4 Å². The highest BCUT2D eigenvalue weighted by Crippen LogP contribution is 2.29. The van der Waals surface area contributed by atoms with Crippen molar-refractivity contribution >= 4 is 34.8 Å². The van der Waals surface area contributed by atoms with Crippen molar-refractivity contribution in [2.24, 2.45) is 0 Å². The number of hydrogen-bond acceptors (Lipinski definition) is 4. The monoisotopic (exact) mass is 392 g/mol. The Kier molecular flexibility index (Phi) is 5.46. The molecule has 0 radical (unpaired) electrons. The fourth-order valence-electron chi connectivity index (χ4n) is 3.41. The molecular formula is C22H24N4O3. The van der Waals surface area contributed by atoms with Crippen molar-refractivity contribution in [1.29, 1.82) is 0 Å². The number of para-hydroxylation sites is 3. The summed E-state index contributed by atoms with van der Waals surface area (Å²) in [6, 6.07) is 14.7. The van der Waals surface area contributed by atoms with Gasteiger partial charge in [0.15, 0.2) is 0 Å². The molecule has 0 bridgehead atoms. The Bertz CT molecular complexity index is 939. The molecule has 0 atom stereocenters. The summed E-state index contributed by atoms with van der Waals surface area (Å²) < 4.78 is 0. The van der Waals surface area contributed by atoms with E-state index >= 15 is 0 Å². The van der Waals surface area contributed by atoms with Gasteiger partial charge >= 0.3 is 0 Å². The normalized spacial score (nSPS) is 15.9. The third-order valence-electron chi connectivity index (χ3n) is 5.07. The molecule has 0 spiro atoms. The van der Waals surface area contributed by atoms with Crippen LogP contribution in [0.3, 0.4) is 0 Å². The molecule has 1 aliphatic heterocycles. The zero-order chi connectivity index (χ0) is 20.2. The molecule has 7 nitrogen and oxygen atoms in total. The molecule has 150 valence electrons. The van der Waals surface area contributed by atoms with Crippen LogP contribution in [0.4, 0.5) is 17.1 Å². The van der Waals surface area contributed by atoms with Crippen LogP contribution in [0.15, 0.2) is 48.5 Å². The van der Waals surface area contributed by atoms with Gasteiger partial charge in [-0.25, -0.2) is 0 Å². The molecule has 1 aliphatic carbocycles. The molecule has 0 unspecified atom stereocenters. The van der Waals surface area contributed by atoms with Gasteiger partial charge in [0.25, 0.3) is 5.91 Å². The Morgan fingerprint density at radius 2 is 1.72 bits per heavy atom. The first-order valence-electron chi connectivity index (χ1n) is 9.95. The van der Waals surface area contributed by atoms with Gasteiger partial charge in [-0.3, -0.25) is 14.4 Å². The van der Waals surface area contributed by atoms with E-state index in [4.69, 9.17) is 0 Å². The summed E-state index contributed by atoms with van der Waals surface area (Å²) in [5.41, 5.74) is 2.46. The van der Waals surface area contributed by atoms with Crippen molar-refractivity contribution in [3.63, 3.8) is 0 Å². The average molecular weight is 392 g/mol. The molecule has 2 fully saturated rings. The number of rotatable bonds is 7. The minimum absolute atomic E-state index is 0.0254. The Morgan fingerprint density at radius 3 is 2.45 bits per heavy atom. The number of hydrogen-bond donors (Lipinski definition) is 3. The van der Waals surface area contributed by atoms with Gasteiger partial charge in [0, 0.05) is 19.0 Å². The Hall–Kier alpha value is -3.35. The zero-order valence-corrected chi connectivity index (χ0v) is 16.1. The van der Waals surface area contributed by atoms with Crippen LogP contribution in [-0.2, 0) is 9.59 Å². The fourth-order valence-corrected chi connectivity index (χ4v) is 3.41. The predicted octanol–water partition coefficient (Wildman–Crippen LogP) is 2.76. The number of nitrogens with one attached hydrogen (secondary N) is 3. The molecule has 1 saturated carbocycles. The summed E-state index contributed by atoms with van der Waals surface area (Å²) in [6.07, 6.45) is 3.40. The maximum Gasteiger partial charge on any atom is 0.253 e. The lowest BCUT2D eigenvalue weighted by molar-refractivity contribution is -0.117. The molecule has 29 heavy (non-hydrogen) atoms. The second-order valence-electron chi connectivity index (χ2n) is 7.36. The maximum absolute atomic E-state index is 12.5. The van der Waals surface area contributed by atoms with E-state index < -0.39 is 0 Å². The standard InChI is InChI=1S/C22H24N4O3/c27-20(25-17-7-2-1-6-16(17)22(29)24-15-11-12-15)14-23-18-8-3-4-9-19(18)26-13-5-10-21(26)28/h1-4,6-9,15,23H,5,10-14H2,(H,24,29)(H,25,27). The molecular weight excluding hydrogens is 368 g/mol. The SMILES string of the molecule is O=C(CNc1ccccc1N1CCCC1=O)Nc1ccccc1C(=O)NC1CC1. The van der Waals surface area contributed by atoms with Gasteiger partial charge in [-0.15, -0.1) is 0 Å². The molecule has 7 heteroatoms. The zero-order valence-electron chi connectivity index (χ0n) is 16.1. The van der Waals surface area contributed by atoms with Gasteiger partial charge < -0.3 is 20.9 Å². The van der Waals surface area contributed by atoms with Crippen molar-refractivity contribution in [1.82, 2.24) is 5.32 Å².